The molecule has 1 saturated heterocycles. The molecular formula is C18H26F2N4O2. The third-order valence-corrected chi connectivity index (χ3v) is 4.62. The minimum atomic E-state index is -0.796. The average Bonchev–Trinajstić information content (AvgIpc) is 2.83. The van der Waals surface area contributed by atoms with Crippen molar-refractivity contribution in [1.82, 2.24) is 14.7 Å². The summed E-state index contributed by atoms with van der Waals surface area (Å²) in [4.78, 5) is 29.8. The van der Waals surface area contributed by atoms with Crippen LogP contribution in [0.1, 0.15) is 13.3 Å². The van der Waals surface area contributed by atoms with Crippen molar-refractivity contribution in [2.24, 2.45) is 0 Å². The zero-order chi connectivity index (χ0) is 19.3. The fourth-order valence-electron chi connectivity index (χ4n) is 2.88. The number of nitrogens with zero attached hydrogens (tertiary/aromatic N) is 3. The van der Waals surface area contributed by atoms with E-state index in [0.717, 1.165) is 25.1 Å². The minimum Gasteiger partial charge on any atom is -0.348 e. The quantitative estimate of drug-likeness (QED) is 0.853. The highest BCUT2D eigenvalue weighted by Crippen LogP contribution is 2.19. The predicted octanol–water partition coefficient (Wildman–Crippen LogP) is 1.39. The number of nitrogens with one attached hydrogen (secondary N) is 1. The van der Waals surface area contributed by atoms with E-state index in [-0.39, 0.29) is 5.91 Å². The Balaban J connectivity index is 1.94. The fraction of sp³-hybridized carbons (Fsp3) is 0.556. The van der Waals surface area contributed by atoms with Gasteiger partial charge < -0.3 is 10.2 Å². The van der Waals surface area contributed by atoms with Gasteiger partial charge in [-0.15, -0.1) is 0 Å². The highest BCUT2D eigenvalue weighted by molar-refractivity contribution is 5.94. The van der Waals surface area contributed by atoms with Crippen molar-refractivity contribution < 1.29 is 18.4 Å². The van der Waals surface area contributed by atoms with E-state index < -0.39 is 29.3 Å². The normalized spacial score (nSPS) is 17.4. The molecule has 0 spiro atoms. The molecule has 1 heterocycles. The van der Waals surface area contributed by atoms with Crippen LogP contribution in [0, 0.1) is 11.6 Å². The molecule has 1 aliphatic rings. The smallest absolute Gasteiger partial charge is 0.241 e. The Labute approximate surface area is 152 Å². The fourth-order valence-corrected chi connectivity index (χ4v) is 2.88. The van der Waals surface area contributed by atoms with Gasteiger partial charge in [0.15, 0.2) is 0 Å². The van der Waals surface area contributed by atoms with Crippen LogP contribution < -0.4 is 5.32 Å². The molecule has 144 valence electrons. The van der Waals surface area contributed by atoms with E-state index in [9.17, 15) is 18.4 Å². The van der Waals surface area contributed by atoms with Gasteiger partial charge in [0.25, 0.3) is 0 Å². The molecule has 1 aromatic rings. The van der Waals surface area contributed by atoms with Crippen LogP contribution in [0.3, 0.4) is 0 Å². The van der Waals surface area contributed by atoms with Crippen LogP contribution in [0.15, 0.2) is 18.2 Å². The van der Waals surface area contributed by atoms with Gasteiger partial charge in [-0.05, 0) is 32.0 Å². The predicted molar refractivity (Wildman–Crippen MR) is 95.8 cm³/mol. The first-order valence-corrected chi connectivity index (χ1v) is 8.71. The first kappa shape index (κ1) is 20.3. The van der Waals surface area contributed by atoms with Crippen molar-refractivity contribution >= 4 is 17.5 Å². The van der Waals surface area contributed by atoms with Crippen LogP contribution in [0.25, 0.3) is 0 Å². The largest absolute Gasteiger partial charge is 0.348 e. The van der Waals surface area contributed by atoms with Crippen molar-refractivity contribution in [3.8, 4) is 0 Å². The third-order valence-electron chi connectivity index (χ3n) is 4.62. The van der Waals surface area contributed by atoms with E-state index in [4.69, 9.17) is 0 Å². The van der Waals surface area contributed by atoms with Crippen molar-refractivity contribution in [2.45, 2.75) is 19.4 Å². The maximum Gasteiger partial charge on any atom is 0.241 e. The number of rotatable bonds is 5. The van der Waals surface area contributed by atoms with E-state index in [1.807, 2.05) is 4.90 Å². The molecule has 1 aliphatic heterocycles. The van der Waals surface area contributed by atoms with Crippen molar-refractivity contribution in [3.63, 3.8) is 0 Å². The lowest BCUT2D eigenvalue weighted by Crippen LogP contribution is -2.44. The van der Waals surface area contributed by atoms with Gasteiger partial charge in [0.05, 0.1) is 12.6 Å². The van der Waals surface area contributed by atoms with Gasteiger partial charge in [0, 0.05) is 33.7 Å². The molecule has 0 aliphatic carbocycles. The Hall–Kier alpha value is -2.06. The lowest BCUT2D eigenvalue weighted by molar-refractivity contribution is -0.130. The SMILES string of the molecule is CC(C(=O)Nc1c(F)cccc1F)N1CCCN(CC(=O)N(C)C)CC1. The van der Waals surface area contributed by atoms with E-state index in [1.165, 1.54) is 6.07 Å². The van der Waals surface area contributed by atoms with Gasteiger partial charge in [0.2, 0.25) is 11.8 Å². The number of likely N-dealkylation sites (N-methyl/N-ethyl adjacent to an activating group) is 1. The number of hydrogen-bond donors (Lipinski definition) is 1. The highest BCUT2D eigenvalue weighted by atomic mass is 19.1. The summed E-state index contributed by atoms with van der Waals surface area (Å²) in [6.45, 7) is 4.78. The van der Waals surface area contributed by atoms with E-state index in [0.29, 0.717) is 26.2 Å². The van der Waals surface area contributed by atoms with Crippen molar-refractivity contribution in [3.05, 3.63) is 29.8 Å². The molecule has 0 aromatic heterocycles. The molecule has 26 heavy (non-hydrogen) atoms. The number of carbonyl (C=O) groups excluding carboxylic acids is 2. The summed E-state index contributed by atoms with van der Waals surface area (Å²) in [5.41, 5.74) is -0.419. The van der Waals surface area contributed by atoms with Crippen LogP contribution in [-0.4, -0.2) is 79.4 Å². The van der Waals surface area contributed by atoms with E-state index >= 15 is 0 Å². The van der Waals surface area contributed by atoms with Gasteiger partial charge >= 0.3 is 0 Å². The molecule has 6 nitrogen and oxygen atoms in total. The Bertz CT molecular complexity index is 634. The summed E-state index contributed by atoms with van der Waals surface area (Å²) < 4.78 is 27.4. The zero-order valence-corrected chi connectivity index (χ0v) is 15.5. The number of carbonyl (C=O) groups is 2. The first-order valence-electron chi connectivity index (χ1n) is 8.71. The van der Waals surface area contributed by atoms with Crippen LogP contribution in [-0.2, 0) is 9.59 Å². The molecule has 1 aromatic carbocycles. The molecule has 1 N–H and O–H groups in total. The first-order chi connectivity index (χ1) is 12.3. The monoisotopic (exact) mass is 368 g/mol. The molecule has 1 unspecified atom stereocenters. The van der Waals surface area contributed by atoms with Crippen LogP contribution in [0.2, 0.25) is 0 Å². The number of anilines is 1. The lowest BCUT2D eigenvalue weighted by Gasteiger charge is -2.27. The second kappa shape index (κ2) is 9.05. The standard InChI is InChI=1S/C18H26F2N4O2/c1-13(18(26)21-17-14(19)6-4-7-15(17)20)24-9-5-8-23(10-11-24)12-16(25)22(2)3/h4,6-7,13H,5,8-12H2,1-3H3,(H,21,26). The summed E-state index contributed by atoms with van der Waals surface area (Å²) in [6.07, 6.45) is 0.812. The molecule has 1 atom stereocenters. The summed E-state index contributed by atoms with van der Waals surface area (Å²) in [7, 11) is 3.45. The second-order valence-electron chi connectivity index (χ2n) is 6.72. The highest BCUT2D eigenvalue weighted by Gasteiger charge is 2.26. The number of halogens is 2. The molecule has 2 rings (SSSR count). The van der Waals surface area contributed by atoms with Gasteiger partial charge in [-0.2, -0.15) is 0 Å². The zero-order valence-electron chi connectivity index (χ0n) is 15.5. The Morgan fingerprint density at radius 1 is 1.15 bits per heavy atom. The molecule has 1 fully saturated rings. The third kappa shape index (κ3) is 5.22. The molecule has 2 amide bonds. The second-order valence-corrected chi connectivity index (χ2v) is 6.72. The Kier molecular flexibility index (Phi) is 7.05. The van der Waals surface area contributed by atoms with Crippen LogP contribution >= 0.6 is 0 Å². The molecule has 0 saturated carbocycles. The molecule has 0 bridgehead atoms. The summed E-state index contributed by atoms with van der Waals surface area (Å²) in [5.74, 6) is -2.00. The minimum absolute atomic E-state index is 0.0410. The summed E-state index contributed by atoms with van der Waals surface area (Å²) in [6, 6.07) is 2.94. The maximum atomic E-state index is 13.7. The number of amides is 2. The van der Waals surface area contributed by atoms with Gasteiger partial charge in [-0.25, -0.2) is 8.78 Å². The van der Waals surface area contributed by atoms with Gasteiger partial charge in [-0.1, -0.05) is 6.07 Å². The van der Waals surface area contributed by atoms with Crippen LogP contribution in [0.5, 0.6) is 0 Å². The Morgan fingerprint density at radius 2 is 1.81 bits per heavy atom. The number of benzene rings is 1. The van der Waals surface area contributed by atoms with E-state index in [1.54, 1.807) is 25.9 Å². The molecule has 8 heteroatoms. The Morgan fingerprint density at radius 3 is 2.42 bits per heavy atom. The van der Waals surface area contributed by atoms with Gasteiger partial charge in [-0.3, -0.25) is 19.4 Å². The van der Waals surface area contributed by atoms with Gasteiger partial charge in [0.1, 0.15) is 17.3 Å². The van der Waals surface area contributed by atoms with Crippen LogP contribution in [0.4, 0.5) is 14.5 Å². The average molecular weight is 368 g/mol. The lowest BCUT2D eigenvalue weighted by atomic mass is 10.2. The summed E-state index contributed by atoms with van der Waals surface area (Å²) in [5, 5.41) is 2.35. The molecule has 0 radical (unpaired) electrons. The topological polar surface area (TPSA) is 55.9 Å². The van der Waals surface area contributed by atoms with E-state index in [2.05, 4.69) is 10.2 Å². The number of hydrogen-bond acceptors (Lipinski definition) is 4. The van der Waals surface area contributed by atoms with Crippen molar-refractivity contribution in [1.29, 1.82) is 0 Å². The molecular weight excluding hydrogens is 342 g/mol. The van der Waals surface area contributed by atoms with Crippen molar-refractivity contribution in [2.75, 3.05) is 52.1 Å². The number of para-hydroxylation sites is 1. The maximum absolute atomic E-state index is 13.7. The summed E-state index contributed by atoms with van der Waals surface area (Å²) >= 11 is 0.